The molecule has 1 heterocycles. The third kappa shape index (κ3) is 6.47. The second-order valence-electron chi connectivity index (χ2n) is 8.15. The molecule has 174 valence electrons. The summed E-state index contributed by atoms with van der Waals surface area (Å²) in [5, 5.41) is 10.2. The smallest absolute Gasteiger partial charge is 0.229 e. The van der Waals surface area contributed by atoms with E-state index in [-0.39, 0.29) is 0 Å². The lowest BCUT2D eigenvalue weighted by Crippen LogP contribution is -2.24. The van der Waals surface area contributed by atoms with Crippen molar-refractivity contribution < 1.29 is 9.47 Å². The Balaban J connectivity index is 1.49. The molecule has 1 fully saturated rings. The summed E-state index contributed by atoms with van der Waals surface area (Å²) in [4.78, 5) is 13.9. The molecule has 2 aromatic carbocycles. The molecule has 0 aliphatic heterocycles. The van der Waals surface area contributed by atoms with Crippen LogP contribution in [0.25, 0.3) is 0 Å². The quantitative estimate of drug-likeness (QED) is 0.405. The molecule has 0 spiro atoms. The first-order valence-corrected chi connectivity index (χ1v) is 11.5. The van der Waals surface area contributed by atoms with Gasteiger partial charge in [-0.3, -0.25) is 0 Å². The van der Waals surface area contributed by atoms with Crippen LogP contribution in [-0.2, 0) is 13.1 Å². The van der Waals surface area contributed by atoms with Crippen LogP contribution in [0.5, 0.6) is 11.5 Å². The number of rotatable bonds is 10. The van der Waals surface area contributed by atoms with Crippen LogP contribution in [0.4, 0.5) is 17.8 Å². The Hall–Kier alpha value is -3.55. The Morgan fingerprint density at radius 2 is 1.42 bits per heavy atom. The van der Waals surface area contributed by atoms with Crippen molar-refractivity contribution in [3.05, 3.63) is 59.7 Å². The van der Waals surface area contributed by atoms with Crippen molar-refractivity contribution in [2.75, 3.05) is 30.2 Å². The van der Waals surface area contributed by atoms with Crippen LogP contribution in [0.15, 0.2) is 48.5 Å². The van der Waals surface area contributed by atoms with Crippen LogP contribution in [0.3, 0.4) is 0 Å². The Kier molecular flexibility index (Phi) is 7.79. The molecule has 3 N–H and O–H groups in total. The van der Waals surface area contributed by atoms with Crippen molar-refractivity contribution in [2.45, 2.75) is 51.2 Å². The van der Waals surface area contributed by atoms with E-state index in [0.29, 0.717) is 37.0 Å². The van der Waals surface area contributed by atoms with E-state index in [4.69, 9.17) is 9.47 Å². The molecular weight excluding hydrogens is 416 g/mol. The summed E-state index contributed by atoms with van der Waals surface area (Å²) in [5.41, 5.74) is 2.15. The first kappa shape index (κ1) is 22.6. The molecule has 1 aromatic heterocycles. The molecule has 1 saturated carbocycles. The van der Waals surface area contributed by atoms with Crippen LogP contribution in [0.1, 0.15) is 43.2 Å². The number of hydrogen-bond acceptors (Lipinski definition) is 8. The Bertz CT molecular complexity index is 1020. The fourth-order valence-corrected chi connectivity index (χ4v) is 3.98. The van der Waals surface area contributed by atoms with E-state index in [2.05, 4.69) is 30.9 Å². The fraction of sp³-hybridized carbons (Fsp3) is 0.400. The molecule has 0 bridgehead atoms. The van der Waals surface area contributed by atoms with Crippen molar-refractivity contribution in [3.63, 3.8) is 0 Å². The van der Waals surface area contributed by atoms with Gasteiger partial charge in [-0.05, 0) is 36.6 Å². The zero-order valence-electron chi connectivity index (χ0n) is 19.3. The largest absolute Gasteiger partial charge is 0.497 e. The first-order chi connectivity index (χ1) is 16.2. The van der Waals surface area contributed by atoms with Crippen LogP contribution in [-0.4, -0.2) is 35.2 Å². The van der Waals surface area contributed by atoms with E-state index in [9.17, 15) is 0 Å². The highest BCUT2D eigenvalue weighted by molar-refractivity contribution is 5.44. The highest BCUT2D eigenvalue weighted by Gasteiger charge is 2.16. The molecule has 33 heavy (non-hydrogen) atoms. The topological polar surface area (TPSA) is 93.2 Å². The first-order valence-electron chi connectivity index (χ1n) is 11.5. The lowest BCUT2D eigenvalue weighted by molar-refractivity contribution is 0.410. The summed E-state index contributed by atoms with van der Waals surface area (Å²) < 4.78 is 10.7. The third-order valence-corrected chi connectivity index (χ3v) is 5.81. The Morgan fingerprint density at radius 3 is 2.12 bits per heavy atom. The number of para-hydroxylation sites is 1. The minimum absolute atomic E-state index is 0.401. The zero-order valence-corrected chi connectivity index (χ0v) is 19.3. The number of hydrogen-bond donors (Lipinski definition) is 3. The molecule has 1 aliphatic rings. The summed E-state index contributed by atoms with van der Waals surface area (Å²) in [6, 6.07) is 16.3. The van der Waals surface area contributed by atoms with Gasteiger partial charge in [-0.25, -0.2) is 0 Å². The van der Waals surface area contributed by atoms with Gasteiger partial charge in [-0.15, -0.1) is 0 Å². The van der Waals surface area contributed by atoms with E-state index < -0.39 is 0 Å². The second kappa shape index (κ2) is 11.4. The van der Waals surface area contributed by atoms with Gasteiger partial charge in [-0.1, -0.05) is 49.6 Å². The molecule has 3 aromatic rings. The number of nitrogens with one attached hydrogen (secondary N) is 3. The minimum Gasteiger partial charge on any atom is -0.497 e. The Morgan fingerprint density at radius 1 is 0.758 bits per heavy atom. The van der Waals surface area contributed by atoms with Gasteiger partial charge in [0.25, 0.3) is 0 Å². The van der Waals surface area contributed by atoms with Crippen molar-refractivity contribution in [2.24, 2.45) is 0 Å². The van der Waals surface area contributed by atoms with Crippen LogP contribution in [0, 0.1) is 0 Å². The molecular formula is C25H32N6O2. The van der Waals surface area contributed by atoms with E-state index in [0.717, 1.165) is 35.5 Å². The van der Waals surface area contributed by atoms with Gasteiger partial charge >= 0.3 is 0 Å². The molecule has 0 amide bonds. The third-order valence-electron chi connectivity index (χ3n) is 5.81. The van der Waals surface area contributed by atoms with E-state index >= 15 is 0 Å². The van der Waals surface area contributed by atoms with Crippen LogP contribution in [0.2, 0.25) is 0 Å². The van der Waals surface area contributed by atoms with E-state index in [1.807, 2.05) is 48.5 Å². The van der Waals surface area contributed by atoms with Gasteiger partial charge in [0.05, 0.1) is 14.2 Å². The molecule has 0 atom stereocenters. The number of ether oxygens (including phenoxy) is 2. The number of benzene rings is 2. The van der Waals surface area contributed by atoms with Crippen LogP contribution < -0.4 is 25.4 Å². The predicted octanol–water partition coefficient (Wildman–Crippen LogP) is 4.86. The standard InChI is InChI=1S/C25H32N6O2/c1-32-21-14-12-18(13-15-21)16-26-23-29-24(27-17-19-8-6-7-11-22(19)33-2)31-25(30-23)28-20-9-4-3-5-10-20/h6-8,11-15,20H,3-5,9-10,16-17H2,1-2H3,(H3,26,27,28,29,30,31). The lowest BCUT2D eigenvalue weighted by Gasteiger charge is -2.23. The lowest BCUT2D eigenvalue weighted by atomic mass is 9.96. The number of anilines is 3. The molecule has 8 heteroatoms. The second-order valence-corrected chi connectivity index (χ2v) is 8.15. The van der Waals surface area contributed by atoms with Crippen molar-refractivity contribution in [3.8, 4) is 11.5 Å². The van der Waals surface area contributed by atoms with Gasteiger partial charge in [0.1, 0.15) is 11.5 Å². The average molecular weight is 449 g/mol. The average Bonchev–Trinajstić information content (AvgIpc) is 2.87. The van der Waals surface area contributed by atoms with Gasteiger partial charge in [0.15, 0.2) is 0 Å². The molecule has 4 rings (SSSR count). The highest BCUT2D eigenvalue weighted by Crippen LogP contribution is 2.22. The predicted molar refractivity (Wildman–Crippen MR) is 131 cm³/mol. The molecule has 0 unspecified atom stereocenters. The maximum Gasteiger partial charge on any atom is 0.229 e. The van der Waals surface area contributed by atoms with Crippen molar-refractivity contribution in [1.29, 1.82) is 0 Å². The summed E-state index contributed by atoms with van der Waals surface area (Å²) in [7, 11) is 3.34. The molecule has 8 nitrogen and oxygen atoms in total. The van der Waals surface area contributed by atoms with Crippen LogP contribution >= 0.6 is 0 Å². The van der Waals surface area contributed by atoms with Gasteiger partial charge in [0.2, 0.25) is 17.8 Å². The number of methoxy groups -OCH3 is 2. The van der Waals surface area contributed by atoms with Gasteiger partial charge in [0, 0.05) is 24.7 Å². The van der Waals surface area contributed by atoms with Gasteiger partial charge < -0.3 is 25.4 Å². The molecule has 0 radical (unpaired) electrons. The summed E-state index contributed by atoms with van der Waals surface area (Å²) in [5.74, 6) is 3.31. The summed E-state index contributed by atoms with van der Waals surface area (Å²) in [6.07, 6.45) is 6.07. The normalized spacial score (nSPS) is 13.9. The maximum atomic E-state index is 5.46. The van der Waals surface area contributed by atoms with Crippen molar-refractivity contribution in [1.82, 2.24) is 15.0 Å². The summed E-state index contributed by atoms with van der Waals surface area (Å²) >= 11 is 0. The number of nitrogens with zero attached hydrogens (tertiary/aromatic N) is 3. The summed E-state index contributed by atoms with van der Waals surface area (Å²) in [6.45, 7) is 1.15. The van der Waals surface area contributed by atoms with Gasteiger partial charge in [-0.2, -0.15) is 15.0 Å². The van der Waals surface area contributed by atoms with E-state index in [1.54, 1.807) is 14.2 Å². The SMILES string of the molecule is COc1ccc(CNc2nc(NCc3ccccc3OC)nc(NC3CCCCC3)n2)cc1. The monoisotopic (exact) mass is 448 g/mol. The highest BCUT2D eigenvalue weighted by atomic mass is 16.5. The van der Waals surface area contributed by atoms with Crippen molar-refractivity contribution >= 4 is 17.8 Å². The van der Waals surface area contributed by atoms with E-state index in [1.165, 1.54) is 19.3 Å². The Labute approximate surface area is 195 Å². The molecule has 0 saturated heterocycles. The minimum atomic E-state index is 0.401. The zero-order chi connectivity index (χ0) is 22.9. The number of aromatic nitrogens is 3. The maximum absolute atomic E-state index is 5.46. The fourth-order valence-electron chi connectivity index (χ4n) is 3.98. The molecule has 1 aliphatic carbocycles.